The molecule has 2 aliphatic rings. The molecule has 3 nitrogen and oxygen atoms in total. The van der Waals surface area contributed by atoms with Crippen molar-refractivity contribution in [1.82, 2.24) is 4.90 Å². The minimum absolute atomic E-state index is 0.209. The number of hydrogen-bond donors (Lipinski definition) is 0. The Kier molecular flexibility index (Phi) is 3.41. The van der Waals surface area contributed by atoms with Crippen LogP contribution in [0.1, 0.15) is 17.5 Å². The highest BCUT2D eigenvalue weighted by Crippen LogP contribution is 2.34. The molecule has 1 saturated heterocycles. The topological polar surface area (TPSA) is 44.1 Å². The van der Waals surface area contributed by atoms with Crippen LogP contribution in [0.3, 0.4) is 0 Å². The maximum absolute atomic E-state index is 11.4. The van der Waals surface area contributed by atoms with Gasteiger partial charge in [0.1, 0.15) is 0 Å². The van der Waals surface area contributed by atoms with E-state index in [0.717, 1.165) is 26.1 Å². The SMILES string of the molecule is N#Cc1ccc(CN2CCC3SC(=O)C=C3C2)cc1. The van der Waals surface area contributed by atoms with Gasteiger partial charge in [0.15, 0.2) is 0 Å². The lowest BCUT2D eigenvalue weighted by Crippen LogP contribution is -2.35. The van der Waals surface area contributed by atoms with Gasteiger partial charge < -0.3 is 0 Å². The van der Waals surface area contributed by atoms with E-state index in [1.165, 1.54) is 22.9 Å². The van der Waals surface area contributed by atoms with Crippen LogP contribution in [0.25, 0.3) is 0 Å². The normalized spacial score (nSPS) is 22.8. The zero-order valence-corrected chi connectivity index (χ0v) is 11.3. The third-order valence-electron chi connectivity index (χ3n) is 3.58. The highest BCUT2D eigenvalue weighted by molar-refractivity contribution is 8.15. The molecule has 0 aromatic heterocycles. The maximum atomic E-state index is 11.4. The molecule has 0 saturated carbocycles. The first-order valence-electron chi connectivity index (χ1n) is 6.37. The van der Waals surface area contributed by atoms with Gasteiger partial charge in [0, 0.05) is 24.9 Å². The minimum atomic E-state index is 0.209. The number of carbonyl (C=O) groups excluding carboxylic acids is 1. The number of piperidine rings is 1. The molecule has 1 unspecified atom stereocenters. The number of carbonyl (C=O) groups is 1. The van der Waals surface area contributed by atoms with Crippen molar-refractivity contribution in [1.29, 1.82) is 5.26 Å². The Hall–Kier alpha value is -1.57. The molecular formula is C15H14N2OS. The van der Waals surface area contributed by atoms with Crippen LogP contribution in [-0.2, 0) is 11.3 Å². The number of hydrogen-bond acceptors (Lipinski definition) is 4. The summed E-state index contributed by atoms with van der Waals surface area (Å²) in [6.07, 6.45) is 2.86. The molecule has 0 bridgehead atoms. The Bertz CT molecular complexity index is 571. The van der Waals surface area contributed by atoms with Crippen molar-refractivity contribution in [3.63, 3.8) is 0 Å². The van der Waals surface area contributed by atoms with Gasteiger partial charge in [-0.05, 0) is 35.8 Å². The molecule has 0 radical (unpaired) electrons. The predicted molar refractivity (Wildman–Crippen MR) is 75.5 cm³/mol. The minimum Gasteiger partial charge on any atom is -0.295 e. The lowest BCUT2D eigenvalue weighted by Gasteiger charge is -2.31. The van der Waals surface area contributed by atoms with Gasteiger partial charge in [-0.15, -0.1) is 0 Å². The molecule has 4 heteroatoms. The van der Waals surface area contributed by atoms with Gasteiger partial charge in [-0.25, -0.2) is 0 Å². The van der Waals surface area contributed by atoms with Gasteiger partial charge >= 0.3 is 0 Å². The number of fused-ring (bicyclic) bond motifs is 1. The summed E-state index contributed by atoms with van der Waals surface area (Å²) in [4.78, 5) is 13.7. The van der Waals surface area contributed by atoms with E-state index in [0.29, 0.717) is 10.8 Å². The average Bonchev–Trinajstić information content (AvgIpc) is 2.79. The molecule has 1 aromatic carbocycles. The lowest BCUT2D eigenvalue weighted by atomic mass is 10.0. The second-order valence-corrected chi connectivity index (χ2v) is 6.16. The second kappa shape index (κ2) is 5.20. The predicted octanol–water partition coefficient (Wildman–Crippen LogP) is 2.33. The third-order valence-corrected chi connectivity index (χ3v) is 4.75. The van der Waals surface area contributed by atoms with Gasteiger partial charge in [0.05, 0.1) is 11.6 Å². The summed E-state index contributed by atoms with van der Waals surface area (Å²) in [5, 5.41) is 9.40. The molecule has 0 amide bonds. The van der Waals surface area contributed by atoms with Crippen molar-refractivity contribution < 1.29 is 4.79 Å². The summed E-state index contributed by atoms with van der Waals surface area (Å²) in [7, 11) is 0. The summed E-state index contributed by atoms with van der Waals surface area (Å²) in [6, 6.07) is 9.86. The standard InChI is InChI=1S/C15H14N2OS/c16-8-11-1-3-12(4-2-11)9-17-6-5-14-13(10-17)7-15(18)19-14/h1-4,7,14H,5-6,9-10H2. The average molecular weight is 270 g/mol. The molecule has 19 heavy (non-hydrogen) atoms. The summed E-state index contributed by atoms with van der Waals surface area (Å²) in [5.41, 5.74) is 3.19. The van der Waals surface area contributed by atoms with E-state index >= 15 is 0 Å². The van der Waals surface area contributed by atoms with Crippen molar-refractivity contribution in [3.8, 4) is 6.07 Å². The molecule has 2 aliphatic heterocycles. The number of nitrogens with zero attached hydrogens (tertiary/aromatic N) is 2. The second-order valence-electron chi connectivity index (χ2n) is 4.95. The van der Waals surface area contributed by atoms with Gasteiger partial charge in [-0.1, -0.05) is 23.9 Å². The Morgan fingerprint density at radius 3 is 2.89 bits per heavy atom. The first-order valence-corrected chi connectivity index (χ1v) is 7.25. The van der Waals surface area contributed by atoms with Crippen LogP contribution < -0.4 is 0 Å². The van der Waals surface area contributed by atoms with Crippen molar-refractivity contribution >= 4 is 16.9 Å². The zero-order chi connectivity index (χ0) is 13.2. The largest absolute Gasteiger partial charge is 0.295 e. The quantitative estimate of drug-likeness (QED) is 0.827. The highest BCUT2D eigenvalue weighted by Gasteiger charge is 2.30. The number of thioether (sulfide) groups is 1. The van der Waals surface area contributed by atoms with Crippen LogP contribution in [0.5, 0.6) is 0 Å². The van der Waals surface area contributed by atoms with Crippen LogP contribution in [0.2, 0.25) is 0 Å². The van der Waals surface area contributed by atoms with Gasteiger partial charge in [0.25, 0.3) is 0 Å². The maximum Gasteiger partial charge on any atom is 0.212 e. The van der Waals surface area contributed by atoms with Crippen LogP contribution >= 0.6 is 11.8 Å². The monoisotopic (exact) mass is 270 g/mol. The summed E-state index contributed by atoms with van der Waals surface area (Å²) < 4.78 is 0. The van der Waals surface area contributed by atoms with E-state index < -0.39 is 0 Å². The molecule has 0 N–H and O–H groups in total. The first-order chi connectivity index (χ1) is 9.24. The summed E-state index contributed by atoms with van der Waals surface area (Å²) in [6.45, 7) is 2.81. The summed E-state index contributed by atoms with van der Waals surface area (Å²) >= 11 is 1.47. The van der Waals surface area contributed by atoms with Crippen molar-refractivity contribution in [3.05, 3.63) is 47.0 Å². The van der Waals surface area contributed by atoms with E-state index in [1.807, 2.05) is 24.3 Å². The molecule has 0 spiro atoms. The molecule has 1 aromatic rings. The molecule has 1 atom stereocenters. The Morgan fingerprint density at radius 2 is 2.16 bits per heavy atom. The molecule has 0 aliphatic carbocycles. The smallest absolute Gasteiger partial charge is 0.212 e. The van der Waals surface area contributed by atoms with E-state index in [2.05, 4.69) is 11.0 Å². The molecular weight excluding hydrogens is 256 g/mol. The van der Waals surface area contributed by atoms with Crippen LogP contribution in [0, 0.1) is 11.3 Å². The Balaban J connectivity index is 1.66. The van der Waals surface area contributed by atoms with Crippen LogP contribution in [0.15, 0.2) is 35.9 Å². The summed E-state index contributed by atoms with van der Waals surface area (Å²) in [5.74, 6) is 0. The number of likely N-dealkylation sites (tertiary alicyclic amines) is 1. The van der Waals surface area contributed by atoms with Crippen molar-refractivity contribution in [2.45, 2.75) is 18.2 Å². The van der Waals surface area contributed by atoms with Gasteiger partial charge in [0.2, 0.25) is 5.12 Å². The zero-order valence-electron chi connectivity index (χ0n) is 10.5. The fraction of sp³-hybridized carbons (Fsp3) is 0.333. The van der Waals surface area contributed by atoms with E-state index in [-0.39, 0.29) is 5.12 Å². The third kappa shape index (κ3) is 2.73. The van der Waals surface area contributed by atoms with E-state index in [9.17, 15) is 4.79 Å². The Morgan fingerprint density at radius 1 is 1.37 bits per heavy atom. The van der Waals surface area contributed by atoms with E-state index in [1.54, 1.807) is 6.08 Å². The molecule has 1 fully saturated rings. The van der Waals surface area contributed by atoms with Gasteiger partial charge in [-0.3, -0.25) is 9.69 Å². The van der Waals surface area contributed by atoms with Crippen LogP contribution in [-0.4, -0.2) is 28.4 Å². The Labute approximate surface area is 116 Å². The number of benzene rings is 1. The number of nitriles is 1. The lowest BCUT2D eigenvalue weighted by molar-refractivity contribution is -0.106. The fourth-order valence-corrected chi connectivity index (χ4v) is 3.62. The van der Waals surface area contributed by atoms with Gasteiger partial charge in [-0.2, -0.15) is 5.26 Å². The molecule has 2 heterocycles. The van der Waals surface area contributed by atoms with Crippen molar-refractivity contribution in [2.75, 3.05) is 13.1 Å². The van der Waals surface area contributed by atoms with E-state index in [4.69, 9.17) is 5.26 Å². The fourth-order valence-electron chi connectivity index (χ4n) is 2.60. The highest BCUT2D eigenvalue weighted by atomic mass is 32.2. The van der Waals surface area contributed by atoms with Crippen LogP contribution in [0.4, 0.5) is 0 Å². The molecule has 96 valence electrons. The van der Waals surface area contributed by atoms with Crippen molar-refractivity contribution in [2.24, 2.45) is 0 Å². The first kappa shape index (κ1) is 12.5. The number of rotatable bonds is 2. The molecule has 3 rings (SSSR count).